The Balaban J connectivity index is 2.15. The van der Waals surface area contributed by atoms with E-state index in [1.54, 1.807) is 6.07 Å². The second-order valence-electron chi connectivity index (χ2n) is 3.32. The van der Waals surface area contributed by atoms with Gasteiger partial charge in [-0.3, -0.25) is 4.99 Å². The average Bonchev–Trinajstić information content (AvgIpc) is 2.67. The number of hydrogen-bond donors (Lipinski definition) is 1. The average molecular weight is 191 g/mol. The van der Waals surface area contributed by atoms with Gasteiger partial charge in [-0.25, -0.2) is 0 Å². The first-order valence-corrected chi connectivity index (χ1v) is 4.78. The fourth-order valence-corrected chi connectivity index (χ4v) is 1.47. The van der Waals surface area contributed by atoms with E-state index in [1.807, 2.05) is 18.4 Å². The van der Waals surface area contributed by atoms with E-state index in [0.717, 1.165) is 25.1 Å². The first-order chi connectivity index (χ1) is 6.88. The second kappa shape index (κ2) is 4.24. The lowest BCUT2D eigenvalue weighted by molar-refractivity contribution is 0.246. The van der Waals surface area contributed by atoms with Gasteiger partial charge in [-0.1, -0.05) is 0 Å². The highest BCUT2D eigenvalue weighted by Gasteiger charge is 2.02. The maximum Gasteiger partial charge on any atom is 0.130 e. The molecule has 74 valence electrons. The molecule has 1 aliphatic heterocycles. The molecule has 2 rings (SSSR count). The number of hydrogen-bond acceptors (Lipinski definition) is 3. The Labute approximate surface area is 82.8 Å². The Hall–Kier alpha value is -1.35. The molecule has 0 aromatic carbocycles. The third-order valence-corrected chi connectivity index (χ3v) is 2.18. The zero-order valence-electron chi connectivity index (χ0n) is 7.94. The smallest absolute Gasteiger partial charge is 0.130 e. The summed E-state index contributed by atoms with van der Waals surface area (Å²) in [5, 5.41) is 8.82. The van der Waals surface area contributed by atoms with Crippen LogP contribution >= 0.6 is 0 Å². The van der Waals surface area contributed by atoms with Crippen LogP contribution in [0, 0.1) is 0 Å². The van der Waals surface area contributed by atoms with Crippen LogP contribution < -0.4 is 0 Å². The van der Waals surface area contributed by atoms with Gasteiger partial charge < -0.3 is 9.52 Å². The summed E-state index contributed by atoms with van der Waals surface area (Å²) in [6, 6.07) is 3.65. The fraction of sp³-hybridized carbons (Fsp3) is 0.364. The molecule has 0 fully saturated rings. The summed E-state index contributed by atoms with van der Waals surface area (Å²) < 4.78 is 5.35. The van der Waals surface area contributed by atoms with Crippen molar-refractivity contribution in [1.29, 1.82) is 0 Å². The lowest BCUT2D eigenvalue weighted by Crippen LogP contribution is -1.95. The number of nitrogens with zero attached hydrogens (tertiary/aromatic N) is 1. The van der Waals surface area contributed by atoms with Gasteiger partial charge in [0.25, 0.3) is 0 Å². The summed E-state index contributed by atoms with van der Waals surface area (Å²) in [6.45, 7) is 0.884. The van der Waals surface area contributed by atoms with E-state index in [1.165, 1.54) is 5.57 Å². The van der Waals surface area contributed by atoms with Crippen molar-refractivity contribution in [2.24, 2.45) is 4.99 Å². The highest BCUT2D eigenvalue weighted by Crippen LogP contribution is 2.15. The molecular weight excluding hydrogens is 178 g/mol. The van der Waals surface area contributed by atoms with Crippen LogP contribution in [0.4, 0.5) is 0 Å². The molecule has 1 N–H and O–H groups in total. The van der Waals surface area contributed by atoms with Gasteiger partial charge in [-0.2, -0.15) is 0 Å². The molecule has 0 unspecified atom stereocenters. The molecule has 0 amide bonds. The fourth-order valence-electron chi connectivity index (χ4n) is 1.47. The second-order valence-corrected chi connectivity index (χ2v) is 3.32. The van der Waals surface area contributed by atoms with Crippen LogP contribution in [0.15, 0.2) is 27.1 Å². The van der Waals surface area contributed by atoms with E-state index >= 15 is 0 Å². The monoisotopic (exact) mass is 191 g/mol. The minimum atomic E-state index is -0.0444. The maximum absolute atomic E-state index is 8.82. The van der Waals surface area contributed by atoms with Crippen LogP contribution in [0.1, 0.15) is 24.4 Å². The molecule has 0 atom stereocenters. The van der Waals surface area contributed by atoms with Crippen molar-refractivity contribution < 1.29 is 9.52 Å². The van der Waals surface area contributed by atoms with Gasteiger partial charge >= 0.3 is 0 Å². The number of aliphatic hydroxyl groups is 1. The SMILES string of the molecule is OCc1ccc(/C=C2\C=NCCC2)o1. The molecule has 0 saturated carbocycles. The predicted molar refractivity (Wildman–Crippen MR) is 55.2 cm³/mol. The topological polar surface area (TPSA) is 45.7 Å². The largest absolute Gasteiger partial charge is 0.459 e. The molecule has 2 heterocycles. The number of furan rings is 1. The molecule has 0 bridgehead atoms. The Morgan fingerprint density at radius 2 is 2.43 bits per heavy atom. The number of rotatable bonds is 2. The van der Waals surface area contributed by atoms with Crippen molar-refractivity contribution in [2.75, 3.05) is 6.54 Å². The zero-order valence-corrected chi connectivity index (χ0v) is 7.94. The minimum absolute atomic E-state index is 0.0444. The highest BCUT2D eigenvalue weighted by molar-refractivity contribution is 5.85. The molecular formula is C11H13NO2. The Bertz CT molecular complexity index is 363. The highest BCUT2D eigenvalue weighted by atomic mass is 16.4. The van der Waals surface area contributed by atoms with Gasteiger partial charge in [0.1, 0.15) is 18.1 Å². The molecule has 0 aliphatic carbocycles. The zero-order chi connectivity index (χ0) is 9.80. The van der Waals surface area contributed by atoms with Gasteiger partial charge in [-0.05, 0) is 36.6 Å². The van der Waals surface area contributed by atoms with Crippen molar-refractivity contribution in [3.05, 3.63) is 29.2 Å². The number of aliphatic imine (C=N–C) groups is 1. The van der Waals surface area contributed by atoms with Crippen LogP contribution in [0.25, 0.3) is 6.08 Å². The van der Waals surface area contributed by atoms with Crippen molar-refractivity contribution in [1.82, 2.24) is 0 Å². The van der Waals surface area contributed by atoms with Gasteiger partial charge in [0, 0.05) is 12.8 Å². The van der Waals surface area contributed by atoms with Gasteiger partial charge in [0.05, 0.1) is 0 Å². The molecule has 1 aromatic heterocycles. The predicted octanol–water partition coefficient (Wildman–Crippen LogP) is 2.02. The van der Waals surface area contributed by atoms with E-state index in [-0.39, 0.29) is 6.61 Å². The lowest BCUT2D eigenvalue weighted by atomic mass is 10.1. The van der Waals surface area contributed by atoms with Crippen LogP contribution in [0.3, 0.4) is 0 Å². The summed E-state index contributed by atoms with van der Waals surface area (Å²) in [5.74, 6) is 1.39. The standard InChI is InChI=1S/C11H13NO2/c13-8-11-4-3-10(14-11)6-9-2-1-5-12-7-9/h3-4,6-7,13H,1-2,5,8H2/b9-6-. The Morgan fingerprint density at radius 3 is 3.07 bits per heavy atom. The molecule has 1 aromatic rings. The van der Waals surface area contributed by atoms with Gasteiger partial charge in [0.15, 0.2) is 0 Å². The van der Waals surface area contributed by atoms with E-state index < -0.39 is 0 Å². The van der Waals surface area contributed by atoms with Crippen molar-refractivity contribution >= 4 is 12.3 Å². The first-order valence-electron chi connectivity index (χ1n) is 4.78. The Morgan fingerprint density at radius 1 is 1.50 bits per heavy atom. The van der Waals surface area contributed by atoms with Crippen molar-refractivity contribution in [3.63, 3.8) is 0 Å². The van der Waals surface area contributed by atoms with Crippen LogP contribution in [-0.4, -0.2) is 17.9 Å². The van der Waals surface area contributed by atoms with Crippen molar-refractivity contribution in [2.45, 2.75) is 19.4 Å². The molecule has 0 saturated heterocycles. The summed E-state index contributed by atoms with van der Waals surface area (Å²) in [7, 11) is 0. The summed E-state index contributed by atoms with van der Waals surface area (Å²) in [6.07, 6.45) is 6.03. The third-order valence-electron chi connectivity index (χ3n) is 2.18. The summed E-state index contributed by atoms with van der Waals surface area (Å²) >= 11 is 0. The van der Waals surface area contributed by atoms with Crippen LogP contribution in [0.5, 0.6) is 0 Å². The number of allylic oxidation sites excluding steroid dienone is 1. The maximum atomic E-state index is 8.82. The molecule has 0 spiro atoms. The molecule has 14 heavy (non-hydrogen) atoms. The molecule has 1 aliphatic rings. The summed E-state index contributed by atoms with van der Waals surface area (Å²) in [4.78, 5) is 4.20. The molecule has 3 nitrogen and oxygen atoms in total. The van der Waals surface area contributed by atoms with E-state index in [0.29, 0.717) is 5.76 Å². The molecule has 3 heteroatoms. The van der Waals surface area contributed by atoms with Gasteiger partial charge in [0.2, 0.25) is 0 Å². The normalized spacial score (nSPS) is 19.1. The minimum Gasteiger partial charge on any atom is -0.459 e. The van der Waals surface area contributed by atoms with E-state index in [2.05, 4.69) is 4.99 Å². The van der Waals surface area contributed by atoms with Gasteiger partial charge in [-0.15, -0.1) is 0 Å². The van der Waals surface area contributed by atoms with Crippen LogP contribution in [0.2, 0.25) is 0 Å². The lowest BCUT2D eigenvalue weighted by Gasteiger charge is -2.04. The summed E-state index contributed by atoms with van der Waals surface area (Å²) in [5.41, 5.74) is 1.19. The quantitative estimate of drug-likeness (QED) is 0.777. The first kappa shape index (κ1) is 9.21. The van der Waals surface area contributed by atoms with Crippen LogP contribution in [-0.2, 0) is 6.61 Å². The number of aliphatic hydroxyl groups excluding tert-OH is 1. The third kappa shape index (κ3) is 2.12. The van der Waals surface area contributed by atoms with E-state index in [9.17, 15) is 0 Å². The Kier molecular flexibility index (Phi) is 2.79. The van der Waals surface area contributed by atoms with E-state index in [4.69, 9.17) is 9.52 Å². The molecule has 0 radical (unpaired) electrons. The van der Waals surface area contributed by atoms with Crippen molar-refractivity contribution in [3.8, 4) is 0 Å².